The molecule has 0 unspecified atom stereocenters. The Morgan fingerprint density at radius 1 is 1.11 bits per heavy atom. The minimum atomic E-state index is -3.54. The first-order valence-corrected chi connectivity index (χ1v) is 11.4. The zero-order valence-electron chi connectivity index (χ0n) is 15.3. The average Bonchev–Trinajstić information content (AvgIpc) is 2.60. The number of ether oxygens (including phenoxy) is 1. The number of hydrogen-bond donors (Lipinski definition) is 1. The van der Waals surface area contributed by atoms with Gasteiger partial charge in [0.2, 0.25) is 5.91 Å². The number of hydrogen-bond acceptors (Lipinski definition) is 4. The summed E-state index contributed by atoms with van der Waals surface area (Å²) in [6, 6.07) is 14.5. The largest absolute Gasteiger partial charge is 0.494 e. The number of unbranched alkanes of at least 4 members (excludes halogenated alkanes) is 1. The van der Waals surface area contributed by atoms with E-state index in [2.05, 4.69) is 28.2 Å². The Balaban J connectivity index is 1.85. The van der Waals surface area contributed by atoms with E-state index in [0.29, 0.717) is 12.2 Å². The van der Waals surface area contributed by atoms with Gasteiger partial charge in [0.1, 0.15) is 11.5 Å². The van der Waals surface area contributed by atoms with Crippen LogP contribution < -0.4 is 10.1 Å². The summed E-state index contributed by atoms with van der Waals surface area (Å²) in [5, 5.41) is 2.66. The fourth-order valence-electron chi connectivity index (χ4n) is 2.46. The molecule has 0 radical (unpaired) electrons. The third-order valence-electron chi connectivity index (χ3n) is 3.78. The summed E-state index contributed by atoms with van der Waals surface area (Å²) in [4.78, 5) is 12.1. The maximum atomic E-state index is 12.2. The second kappa shape index (κ2) is 10.5. The summed E-state index contributed by atoms with van der Waals surface area (Å²) in [5.41, 5.74) is 1.51. The summed E-state index contributed by atoms with van der Waals surface area (Å²) < 4.78 is 30.9. The number of halogens is 1. The van der Waals surface area contributed by atoms with Crippen molar-refractivity contribution in [3.8, 4) is 5.75 Å². The molecule has 0 saturated heterocycles. The van der Waals surface area contributed by atoms with Gasteiger partial charge in [-0.05, 0) is 41.8 Å². The predicted octanol–water partition coefficient (Wildman–Crippen LogP) is 3.86. The van der Waals surface area contributed by atoms with Gasteiger partial charge in [0.15, 0.2) is 9.84 Å². The van der Waals surface area contributed by atoms with Crippen LogP contribution in [0.3, 0.4) is 0 Å². The molecular weight excluding hydrogens is 430 g/mol. The molecule has 2 aromatic rings. The van der Waals surface area contributed by atoms with Crippen LogP contribution in [0.2, 0.25) is 0 Å². The standard InChI is InChI=1S/C20H24BrNO4S/c1-2-3-10-26-19-9-5-6-16(12-19)13-22-20(23)15-27(24,25)14-17-7-4-8-18(21)11-17/h4-9,11-12H,2-3,10,13-15H2,1H3,(H,22,23). The molecule has 0 aliphatic carbocycles. The van der Waals surface area contributed by atoms with E-state index >= 15 is 0 Å². The lowest BCUT2D eigenvalue weighted by atomic mass is 10.2. The molecule has 0 aromatic heterocycles. The normalized spacial score (nSPS) is 11.2. The number of benzene rings is 2. The van der Waals surface area contributed by atoms with Crippen molar-refractivity contribution in [3.05, 3.63) is 64.1 Å². The zero-order valence-corrected chi connectivity index (χ0v) is 17.7. The van der Waals surface area contributed by atoms with Gasteiger partial charge in [0, 0.05) is 11.0 Å². The maximum absolute atomic E-state index is 12.2. The van der Waals surface area contributed by atoms with Gasteiger partial charge in [-0.1, -0.05) is 53.5 Å². The van der Waals surface area contributed by atoms with Crippen molar-refractivity contribution in [1.29, 1.82) is 0 Å². The van der Waals surface area contributed by atoms with E-state index in [4.69, 9.17) is 4.74 Å². The van der Waals surface area contributed by atoms with Crippen LogP contribution in [-0.2, 0) is 26.9 Å². The Morgan fingerprint density at radius 3 is 2.59 bits per heavy atom. The number of amides is 1. The van der Waals surface area contributed by atoms with Crippen LogP contribution in [0.25, 0.3) is 0 Å². The molecule has 0 aliphatic rings. The second-order valence-electron chi connectivity index (χ2n) is 6.29. The van der Waals surface area contributed by atoms with Gasteiger partial charge in [-0.25, -0.2) is 8.42 Å². The first-order valence-electron chi connectivity index (χ1n) is 8.81. The predicted molar refractivity (Wildman–Crippen MR) is 110 cm³/mol. The molecule has 0 fully saturated rings. The van der Waals surface area contributed by atoms with Crippen LogP contribution in [0.5, 0.6) is 5.75 Å². The van der Waals surface area contributed by atoms with Crippen molar-refractivity contribution < 1.29 is 17.9 Å². The van der Waals surface area contributed by atoms with Crippen molar-refractivity contribution in [2.75, 3.05) is 12.4 Å². The van der Waals surface area contributed by atoms with Crippen LogP contribution >= 0.6 is 15.9 Å². The molecule has 0 saturated carbocycles. The molecule has 1 amide bonds. The molecule has 146 valence electrons. The lowest BCUT2D eigenvalue weighted by molar-refractivity contribution is -0.118. The highest BCUT2D eigenvalue weighted by atomic mass is 79.9. The minimum absolute atomic E-state index is 0.166. The number of carbonyl (C=O) groups is 1. The molecule has 27 heavy (non-hydrogen) atoms. The van der Waals surface area contributed by atoms with Crippen molar-refractivity contribution in [2.24, 2.45) is 0 Å². The summed E-state index contributed by atoms with van der Waals surface area (Å²) in [6.07, 6.45) is 2.04. The molecule has 0 aliphatic heterocycles. The fraction of sp³-hybridized carbons (Fsp3) is 0.350. The Morgan fingerprint density at radius 2 is 1.85 bits per heavy atom. The average molecular weight is 454 g/mol. The lowest BCUT2D eigenvalue weighted by Crippen LogP contribution is -2.30. The van der Waals surface area contributed by atoms with Crippen LogP contribution in [0.4, 0.5) is 0 Å². The number of carbonyl (C=O) groups excluding carboxylic acids is 1. The Kier molecular flexibility index (Phi) is 8.31. The lowest BCUT2D eigenvalue weighted by Gasteiger charge is -2.09. The molecule has 0 atom stereocenters. The zero-order chi connectivity index (χ0) is 19.7. The first kappa shape index (κ1) is 21.4. The van der Waals surface area contributed by atoms with E-state index in [1.165, 1.54) is 0 Å². The SMILES string of the molecule is CCCCOc1cccc(CNC(=O)CS(=O)(=O)Cc2cccc(Br)c2)c1. The van der Waals surface area contributed by atoms with E-state index < -0.39 is 21.5 Å². The van der Waals surface area contributed by atoms with E-state index in [9.17, 15) is 13.2 Å². The fourth-order valence-corrected chi connectivity index (χ4v) is 4.20. The molecule has 7 heteroatoms. The van der Waals surface area contributed by atoms with Gasteiger partial charge in [-0.3, -0.25) is 4.79 Å². The first-order chi connectivity index (χ1) is 12.9. The van der Waals surface area contributed by atoms with Crippen molar-refractivity contribution in [2.45, 2.75) is 32.1 Å². The molecule has 0 bridgehead atoms. The molecular formula is C20H24BrNO4S. The number of rotatable bonds is 10. The van der Waals surface area contributed by atoms with E-state index in [1.807, 2.05) is 30.3 Å². The van der Waals surface area contributed by atoms with E-state index in [-0.39, 0.29) is 12.3 Å². The third kappa shape index (κ3) is 8.13. The Labute approximate surface area is 169 Å². The van der Waals surface area contributed by atoms with Gasteiger partial charge in [0.05, 0.1) is 12.4 Å². The van der Waals surface area contributed by atoms with Crippen molar-refractivity contribution >= 4 is 31.7 Å². The topological polar surface area (TPSA) is 72.5 Å². The van der Waals surface area contributed by atoms with E-state index in [1.54, 1.807) is 18.2 Å². The van der Waals surface area contributed by atoms with Gasteiger partial charge in [-0.2, -0.15) is 0 Å². The molecule has 0 heterocycles. The van der Waals surface area contributed by atoms with E-state index in [0.717, 1.165) is 28.6 Å². The van der Waals surface area contributed by atoms with Gasteiger partial charge in [-0.15, -0.1) is 0 Å². The number of sulfone groups is 1. The minimum Gasteiger partial charge on any atom is -0.494 e. The summed E-state index contributed by atoms with van der Waals surface area (Å²) in [6.45, 7) is 3.01. The summed E-state index contributed by atoms with van der Waals surface area (Å²) in [5.74, 6) is -0.466. The molecule has 2 aromatic carbocycles. The van der Waals surface area contributed by atoms with Gasteiger partial charge < -0.3 is 10.1 Å². The van der Waals surface area contributed by atoms with Crippen LogP contribution in [0.1, 0.15) is 30.9 Å². The van der Waals surface area contributed by atoms with Crippen LogP contribution in [0.15, 0.2) is 53.0 Å². The number of nitrogens with one attached hydrogen (secondary N) is 1. The Hall–Kier alpha value is -1.86. The Bertz CT molecular complexity index is 868. The molecule has 2 rings (SSSR count). The highest BCUT2D eigenvalue weighted by Crippen LogP contribution is 2.15. The molecule has 1 N–H and O–H groups in total. The summed E-state index contributed by atoms with van der Waals surface area (Å²) in [7, 11) is -3.54. The van der Waals surface area contributed by atoms with Crippen molar-refractivity contribution in [3.63, 3.8) is 0 Å². The molecule has 0 spiro atoms. The monoisotopic (exact) mass is 453 g/mol. The third-order valence-corrected chi connectivity index (χ3v) is 5.75. The van der Waals surface area contributed by atoms with Gasteiger partial charge >= 0.3 is 0 Å². The van der Waals surface area contributed by atoms with Crippen LogP contribution in [0, 0.1) is 0 Å². The smallest absolute Gasteiger partial charge is 0.235 e. The molecule has 5 nitrogen and oxygen atoms in total. The highest BCUT2D eigenvalue weighted by Gasteiger charge is 2.17. The quantitative estimate of drug-likeness (QED) is 0.554. The maximum Gasteiger partial charge on any atom is 0.235 e. The van der Waals surface area contributed by atoms with Crippen LogP contribution in [-0.4, -0.2) is 26.7 Å². The van der Waals surface area contributed by atoms with Crippen molar-refractivity contribution in [1.82, 2.24) is 5.32 Å². The van der Waals surface area contributed by atoms with Gasteiger partial charge in [0.25, 0.3) is 0 Å². The summed E-state index contributed by atoms with van der Waals surface area (Å²) >= 11 is 3.31. The second-order valence-corrected chi connectivity index (χ2v) is 9.27. The highest BCUT2D eigenvalue weighted by molar-refractivity contribution is 9.10.